The number of halogens is 2. The Morgan fingerprint density at radius 2 is 2.11 bits per heavy atom. The van der Waals surface area contributed by atoms with E-state index in [1.165, 1.54) is 17.0 Å². The van der Waals surface area contributed by atoms with Crippen LogP contribution in [0.1, 0.15) is 24.2 Å². The van der Waals surface area contributed by atoms with Crippen LogP contribution in [0.5, 0.6) is 0 Å². The second kappa shape index (κ2) is 4.92. The Kier molecular flexibility index (Phi) is 3.62. The number of piperazine rings is 1. The normalized spacial score (nSPS) is 18.1. The minimum atomic E-state index is -0.936. The van der Waals surface area contributed by atoms with Gasteiger partial charge in [-0.2, -0.15) is 0 Å². The molecule has 6 heteroatoms. The van der Waals surface area contributed by atoms with E-state index in [0.29, 0.717) is 17.6 Å². The molecule has 1 fully saturated rings. The van der Waals surface area contributed by atoms with Crippen LogP contribution in [-0.2, 0) is 4.79 Å². The molecule has 0 unspecified atom stereocenters. The molecule has 0 atom stereocenters. The second-order valence-electron chi connectivity index (χ2n) is 4.93. The highest BCUT2D eigenvalue weighted by Gasteiger charge is 2.40. The minimum absolute atomic E-state index is 0.206. The van der Waals surface area contributed by atoms with Crippen LogP contribution in [0.2, 0.25) is 0 Å². The zero-order valence-corrected chi connectivity index (χ0v) is 12.3. The van der Waals surface area contributed by atoms with Gasteiger partial charge in [0.05, 0.1) is 0 Å². The lowest BCUT2D eigenvalue weighted by Gasteiger charge is -2.41. The largest absolute Gasteiger partial charge is 0.352 e. The van der Waals surface area contributed by atoms with Crippen molar-refractivity contribution >= 4 is 27.7 Å². The lowest BCUT2D eigenvalue weighted by molar-refractivity contribution is -0.133. The molecule has 1 saturated heterocycles. The molecule has 0 aromatic heterocycles. The first kappa shape index (κ1) is 14.0. The molecule has 102 valence electrons. The number of carbonyl (C=O) groups is 2. The molecule has 2 amide bonds. The molecule has 1 aromatic rings. The van der Waals surface area contributed by atoms with Crippen molar-refractivity contribution in [1.29, 1.82) is 0 Å². The van der Waals surface area contributed by atoms with Crippen molar-refractivity contribution in [3.8, 4) is 0 Å². The van der Waals surface area contributed by atoms with Gasteiger partial charge in [-0.25, -0.2) is 4.39 Å². The summed E-state index contributed by atoms with van der Waals surface area (Å²) in [4.78, 5) is 25.7. The van der Waals surface area contributed by atoms with Crippen molar-refractivity contribution in [3.63, 3.8) is 0 Å². The molecule has 0 aliphatic carbocycles. The molecule has 0 spiro atoms. The highest BCUT2D eigenvalue weighted by molar-refractivity contribution is 9.10. The predicted octanol–water partition coefficient (Wildman–Crippen LogP) is 1.94. The second-order valence-corrected chi connectivity index (χ2v) is 5.85. The maximum absolute atomic E-state index is 13.3. The Labute approximate surface area is 119 Å². The highest BCUT2D eigenvalue weighted by Crippen LogP contribution is 2.23. The van der Waals surface area contributed by atoms with Gasteiger partial charge in [-0.15, -0.1) is 0 Å². The SMILES string of the molecule is CC1(C)C(=O)NCCN1C(=O)c1cc(F)cc(Br)c1. The molecule has 1 N–H and O–H groups in total. The van der Waals surface area contributed by atoms with Gasteiger partial charge in [-0.3, -0.25) is 9.59 Å². The van der Waals surface area contributed by atoms with Gasteiger partial charge in [-0.05, 0) is 32.0 Å². The van der Waals surface area contributed by atoms with Crippen molar-refractivity contribution in [2.75, 3.05) is 13.1 Å². The molecule has 19 heavy (non-hydrogen) atoms. The fourth-order valence-corrected chi connectivity index (χ4v) is 2.55. The van der Waals surface area contributed by atoms with Gasteiger partial charge >= 0.3 is 0 Å². The summed E-state index contributed by atoms with van der Waals surface area (Å²) >= 11 is 3.16. The van der Waals surface area contributed by atoms with Crippen LogP contribution < -0.4 is 5.32 Å². The summed E-state index contributed by atoms with van der Waals surface area (Å²) in [7, 11) is 0. The standard InChI is InChI=1S/C13H14BrFN2O2/c1-13(2)12(19)16-3-4-17(13)11(18)8-5-9(14)7-10(15)6-8/h5-7H,3-4H2,1-2H3,(H,16,19). The molecule has 1 aliphatic heterocycles. The molecule has 1 heterocycles. The molecular weight excluding hydrogens is 315 g/mol. The van der Waals surface area contributed by atoms with Gasteiger partial charge in [0.15, 0.2) is 0 Å². The summed E-state index contributed by atoms with van der Waals surface area (Å²) in [6.07, 6.45) is 0. The van der Waals surface area contributed by atoms with Crippen LogP contribution in [0.25, 0.3) is 0 Å². The van der Waals surface area contributed by atoms with E-state index in [0.717, 1.165) is 0 Å². The number of benzene rings is 1. The lowest BCUT2D eigenvalue weighted by atomic mass is 9.97. The third-order valence-corrected chi connectivity index (χ3v) is 3.66. The van der Waals surface area contributed by atoms with Crippen molar-refractivity contribution < 1.29 is 14.0 Å². The number of carbonyl (C=O) groups excluding carboxylic acids is 2. The van der Waals surface area contributed by atoms with E-state index in [1.807, 2.05) is 0 Å². The zero-order valence-electron chi connectivity index (χ0n) is 10.7. The van der Waals surface area contributed by atoms with E-state index < -0.39 is 11.4 Å². The summed E-state index contributed by atoms with van der Waals surface area (Å²) in [5, 5.41) is 2.72. The van der Waals surface area contributed by atoms with Gasteiger partial charge in [0, 0.05) is 23.1 Å². The predicted molar refractivity (Wildman–Crippen MR) is 72.2 cm³/mol. The average molecular weight is 329 g/mol. The molecular formula is C13H14BrFN2O2. The average Bonchev–Trinajstić information content (AvgIpc) is 2.30. The smallest absolute Gasteiger partial charge is 0.254 e. The fourth-order valence-electron chi connectivity index (χ4n) is 2.09. The summed E-state index contributed by atoms with van der Waals surface area (Å²) in [5.41, 5.74) is -0.705. The molecule has 0 bridgehead atoms. The number of nitrogens with one attached hydrogen (secondary N) is 1. The first-order chi connectivity index (χ1) is 8.82. The van der Waals surface area contributed by atoms with Crippen LogP contribution in [0.3, 0.4) is 0 Å². The Morgan fingerprint density at radius 1 is 1.42 bits per heavy atom. The zero-order chi connectivity index (χ0) is 14.2. The van der Waals surface area contributed by atoms with Crippen LogP contribution in [0.15, 0.2) is 22.7 Å². The number of rotatable bonds is 1. The van der Waals surface area contributed by atoms with E-state index >= 15 is 0 Å². The molecule has 0 saturated carbocycles. The Bertz CT molecular complexity index is 525. The molecule has 1 aliphatic rings. The van der Waals surface area contributed by atoms with E-state index in [9.17, 15) is 14.0 Å². The van der Waals surface area contributed by atoms with E-state index in [4.69, 9.17) is 0 Å². The third-order valence-electron chi connectivity index (χ3n) is 3.21. The van der Waals surface area contributed by atoms with Crippen LogP contribution in [0.4, 0.5) is 4.39 Å². The first-order valence-corrected chi connectivity index (χ1v) is 6.68. The maximum atomic E-state index is 13.3. The van der Waals surface area contributed by atoms with Gasteiger partial charge in [0.1, 0.15) is 11.4 Å². The summed E-state index contributed by atoms with van der Waals surface area (Å²) < 4.78 is 13.8. The number of hydrogen-bond acceptors (Lipinski definition) is 2. The van der Waals surface area contributed by atoms with Gasteiger partial charge in [-0.1, -0.05) is 15.9 Å². The molecule has 2 rings (SSSR count). The summed E-state index contributed by atoms with van der Waals surface area (Å²) in [6, 6.07) is 4.01. The van der Waals surface area contributed by atoms with Gasteiger partial charge in [0.2, 0.25) is 5.91 Å². The Hall–Kier alpha value is -1.43. The molecule has 4 nitrogen and oxygen atoms in total. The van der Waals surface area contributed by atoms with Crippen molar-refractivity contribution in [2.24, 2.45) is 0 Å². The van der Waals surface area contributed by atoms with Crippen molar-refractivity contribution in [1.82, 2.24) is 10.2 Å². The summed E-state index contributed by atoms with van der Waals surface area (Å²) in [5.74, 6) is -1.04. The molecule has 1 aromatic carbocycles. The Morgan fingerprint density at radius 3 is 2.74 bits per heavy atom. The quantitative estimate of drug-likeness (QED) is 0.856. The number of amides is 2. The topological polar surface area (TPSA) is 49.4 Å². The number of nitrogens with zero attached hydrogens (tertiary/aromatic N) is 1. The van der Waals surface area contributed by atoms with Crippen LogP contribution in [-0.4, -0.2) is 35.3 Å². The third kappa shape index (κ3) is 2.63. The van der Waals surface area contributed by atoms with E-state index in [2.05, 4.69) is 21.2 Å². The van der Waals surface area contributed by atoms with Gasteiger partial charge < -0.3 is 10.2 Å². The van der Waals surface area contributed by atoms with E-state index in [-0.39, 0.29) is 17.4 Å². The number of hydrogen-bond donors (Lipinski definition) is 1. The van der Waals surface area contributed by atoms with Crippen molar-refractivity contribution in [2.45, 2.75) is 19.4 Å². The fraction of sp³-hybridized carbons (Fsp3) is 0.385. The highest BCUT2D eigenvalue weighted by atomic mass is 79.9. The van der Waals surface area contributed by atoms with Crippen LogP contribution in [0, 0.1) is 5.82 Å². The maximum Gasteiger partial charge on any atom is 0.254 e. The van der Waals surface area contributed by atoms with Crippen LogP contribution >= 0.6 is 15.9 Å². The first-order valence-electron chi connectivity index (χ1n) is 5.89. The van der Waals surface area contributed by atoms with Gasteiger partial charge in [0.25, 0.3) is 5.91 Å². The monoisotopic (exact) mass is 328 g/mol. The summed E-state index contributed by atoms with van der Waals surface area (Å²) in [6.45, 7) is 4.16. The minimum Gasteiger partial charge on any atom is -0.352 e. The lowest BCUT2D eigenvalue weighted by Crippen LogP contribution is -2.63. The molecule has 0 radical (unpaired) electrons. The Balaban J connectivity index is 2.35. The van der Waals surface area contributed by atoms with Crippen molar-refractivity contribution in [3.05, 3.63) is 34.1 Å². The van der Waals surface area contributed by atoms with E-state index in [1.54, 1.807) is 19.9 Å².